The highest BCUT2D eigenvalue weighted by Gasteiger charge is 2.70. The first-order valence-electron chi connectivity index (χ1n) is 28.8. The minimum atomic E-state index is -6.91. The van der Waals surface area contributed by atoms with Crippen LogP contribution < -0.4 is 21.2 Å². The van der Waals surface area contributed by atoms with Crippen molar-refractivity contribution in [2.24, 2.45) is 46.3 Å². The average Bonchev–Trinajstić information content (AvgIpc) is 0.760. The van der Waals surface area contributed by atoms with Crippen molar-refractivity contribution in [3.63, 3.8) is 0 Å². The molecule has 5 aromatic carbocycles. The van der Waals surface area contributed by atoms with Crippen LogP contribution in [0.5, 0.6) is 0 Å². The van der Waals surface area contributed by atoms with Crippen LogP contribution in [0.4, 0.5) is 39.5 Å². The highest BCUT2D eigenvalue weighted by atomic mass is 127. The van der Waals surface area contributed by atoms with Gasteiger partial charge in [0.2, 0.25) is 0 Å². The number of hydrogen-bond donors (Lipinski definition) is 0. The van der Waals surface area contributed by atoms with E-state index in [4.69, 9.17) is 0 Å². The van der Waals surface area contributed by atoms with Gasteiger partial charge < -0.3 is 28.1 Å². The molecule has 26 heteroatoms. The molecule has 8 aliphatic carbocycles. The second-order valence-electron chi connectivity index (χ2n) is 23.5. The Hall–Kier alpha value is -5.26. The summed E-state index contributed by atoms with van der Waals surface area (Å²) in [5.41, 5.74) is -2.10. The Balaban J connectivity index is 0.000000204. The van der Waals surface area contributed by atoms with Crippen LogP contribution >= 0.6 is 0 Å². The highest BCUT2D eigenvalue weighted by molar-refractivity contribution is 7.97. The number of carbonyl (C=O) groups is 3. The molecule has 500 valence electrons. The molecule has 0 amide bonds. The van der Waals surface area contributed by atoms with E-state index in [-0.39, 0.29) is 84.0 Å². The molecule has 13 rings (SSSR count). The molecule has 5 aromatic rings. The minimum absolute atomic E-state index is 0. The van der Waals surface area contributed by atoms with E-state index in [2.05, 4.69) is 171 Å². The van der Waals surface area contributed by atoms with Crippen molar-refractivity contribution in [2.45, 2.75) is 148 Å². The third-order valence-corrected chi connectivity index (χ3v) is 23.6. The van der Waals surface area contributed by atoms with E-state index < -0.39 is 104 Å². The first-order chi connectivity index (χ1) is 41.8. The number of alkyl halides is 9. The van der Waals surface area contributed by atoms with Crippen LogP contribution in [0.2, 0.25) is 0 Å². The maximum absolute atomic E-state index is 14.1. The van der Waals surface area contributed by atoms with Crippen molar-refractivity contribution in [3.05, 3.63) is 159 Å². The summed E-state index contributed by atoms with van der Waals surface area (Å²) in [7, 11) is -12.7. The van der Waals surface area contributed by atoms with E-state index in [0.717, 1.165) is 45.4 Å². The van der Waals surface area contributed by atoms with Crippen molar-refractivity contribution in [2.75, 3.05) is 19.8 Å². The van der Waals surface area contributed by atoms with Gasteiger partial charge in [-0.2, -0.15) is 39.5 Å². The number of benzene rings is 5. The summed E-state index contributed by atoms with van der Waals surface area (Å²) in [5, 5.41) is -10.8. The molecule has 0 aliphatic heterocycles. The second kappa shape index (κ2) is 30.4. The van der Waals surface area contributed by atoms with E-state index in [0.29, 0.717) is 37.0 Å². The number of halogens is 10. The average molecular weight is 1460 g/mol. The van der Waals surface area contributed by atoms with Gasteiger partial charge in [-0.05, 0) is 180 Å². The lowest BCUT2D eigenvalue weighted by Gasteiger charge is -2.55. The molecule has 0 saturated heterocycles. The molecule has 1 atom stereocenters. The van der Waals surface area contributed by atoms with Gasteiger partial charge in [0, 0.05) is 6.42 Å². The fourth-order valence-corrected chi connectivity index (χ4v) is 18.8. The van der Waals surface area contributed by atoms with Crippen molar-refractivity contribution < 1.29 is 120 Å². The van der Waals surface area contributed by atoms with E-state index >= 15 is 0 Å². The van der Waals surface area contributed by atoms with E-state index in [1.165, 1.54) is 21.8 Å². The number of ether oxygens (including phenoxy) is 4. The summed E-state index contributed by atoms with van der Waals surface area (Å²) >= 11 is 0.0287. The summed E-state index contributed by atoms with van der Waals surface area (Å²) in [6.45, 7) is -3.32. The molecule has 1 unspecified atom stereocenters. The number of rotatable bonds is 19. The standard InChI is InChI=1S/C20H25F7O8S.C18H15S.C13H18F2O5S.C12H10I.2CH4/c1-2-33-15(29)18(19(23,24)25,34-4-3-17(21,22)20(26,27)36(30,31)32)35-14(28)16-8-11-5-12(9-16)7-13(6-11)10-16;1-4-10-16(11-5-1)19(17-12-6-2-7-13-17)18-14-8-3-9-15-18;14-13(15,21(17,18)19)7-20-11(16)12-4-8-1-9(5-12)3-10(2-8)6-12;1-3-7-11(8-4-1)13-12-9-5-2-6-10-12;;/h11-13H,2-10H2,1H3,(H,30,31,32);1-15H;8-10H,1-7H2,(H,17,18,19);1-10H;2*1H4/q;+1;;+1;;/p-2. The Bertz CT molecular complexity index is 3210. The Morgan fingerprint density at radius 3 is 1.15 bits per heavy atom. The van der Waals surface area contributed by atoms with Crippen LogP contribution in [0.15, 0.2) is 166 Å². The Morgan fingerprint density at radius 1 is 0.516 bits per heavy atom. The van der Waals surface area contributed by atoms with E-state index in [9.17, 15) is 79.8 Å². The monoisotopic (exact) mass is 1460 g/mol. The predicted octanol–water partition coefficient (Wildman–Crippen LogP) is 11.5. The van der Waals surface area contributed by atoms with Crippen molar-refractivity contribution in [3.8, 4) is 0 Å². The van der Waals surface area contributed by atoms with Crippen LogP contribution in [0.1, 0.15) is 105 Å². The summed E-state index contributed by atoms with van der Waals surface area (Å²) < 4.78 is 206. The largest absolute Gasteiger partial charge is 0.743 e. The molecule has 8 aliphatic rings. The number of hydrogen-bond acceptors (Lipinski definition) is 13. The molecule has 0 spiro atoms. The van der Waals surface area contributed by atoms with Gasteiger partial charge in [0.1, 0.15) is 0 Å². The quantitative estimate of drug-likeness (QED) is 0.0144. The Kier molecular flexibility index (Phi) is 25.0. The first kappa shape index (κ1) is 74.8. The molecule has 0 heterocycles. The molecule has 91 heavy (non-hydrogen) atoms. The van der Waals surface area contributed by atoms with Crippen LogP contribution in [0.25, 0.3) is 0 Å². The summed E-state index contributed by atoms with van der Waals surface area (Å²) in [6, 6.07) is 53.6. The maximum atomic E-state index is 14.1. The normalized spacial score (nSPS) is 24.4. The SMILES string of the molecule is C.C.CCOC(=O)C(OCCC(F)(F)C(F)(F)S(=O)(=O)[O-])(OC(=O)C12CC3CC(CC(C3)C1)C2)C(F)(F)F.O=C(OCC(F)(F)S(=O)(=O)[O-])C12CC3CC(CC(C3)C1)C2.c1ccc([I+]c2ccccc2)cc1.c1ccc([S+](c2ccccc2)c2ccccc2)cc1. The zero-order chi connectivity index (χ0) is 64.7. The van der Waals surface area contributed by atoms with E-state index in [1.54, 1.807) is 0 Å². The minimum Gasteiger partial charge on any atom is -0.743 e. The lowest BCUT2D eigenvalue weighted by Crippen LogP contribution is -3.61. The van der Waals surface area contributed by atoms with Crippen LogP contribution in [0, 0.1) is 53.5 Å². The van der Waals surface area contributed by atoms with Gasteiger partial charge in [0.05, 0.1) is 34.9 Å². The molecule has 8 bridgehead atoms. The molecular formula is C65H74F9IO13S3. The van der Waals surface area contributed by atoms with Crippen LogP contribution in [-0.4, -0.2) is 92.1 Å². The van der Waals surface area contributed by atoms with Crippen molar-refractivity contribution >= 4 is 49.0 Å². The lowest BCUT2D eigenvalue weighted by molar-refractivity contribution is -0.597. The van der Waals surface area contributed by atoms with Crippen LogP contribution in [-0.2, 0) is 64.5 Å². The van der Waals surface area contributed by atoms with Crippen molar-refractivity contribution in [1.82, 2.24) is 0 Å². The third-order valence-electron chi connectivity index (χ3n) is 16.9. The van der Waals surface area contributed by atoms with Gasteiger partial charge in [0.25, 0.3) is 0 Å². The highest BCUT2D eigenvalue weighted by Crippen LogP contribution is 2.62. The number of esters is 3. The molecule has 0 N–H and O–H groups in total. The van der Waals surface area contributed by atoms with E-state index in [1.807, 2.05) is 0 Å². The smallest absolute Gasteiger partial charge is 0.468 e. The Labute approximate surface area is 539 Å². The molecule has 13 nitrogen and oxygen atoms in total. The topological polar surface area (TPSA) is 203 Å². The van der Waals surface area contributed by atoms with Gasteiger partial charge in [-0.1, -0.05) is 106 Å². The first-order valence-corrected chi connectivity index (χ1v) is 35.0. The summed E-state index contributed by atoms with van der Waals surface area (Å²) in [5.74, 6) is -13.3. The molecule has 0 radical (unpaired) electrons. The maximum Gasteiger partial charge on any atom is 0.468 e. The molecular weight excluding hydrogens is 1380 g/mol. The van der Waals surface area contributed by atoms with Gasteiger partial charge in [-0.3, -0.25) is 9.59 Å². The van der Waals surface area contributed by atoms with Crippen molar-refractivity contribution in [1.29, 1.82) is 0 Å². The fraction of sp³-hybridized carbons (Fsp3) is 0.492. The molecule has 8 fully saturated rings. The lowest BCUT2D eigenvalue weighted by atomic mass is 9.49. The summed E-state index contributed by atoms with van der Waals surface area (Å²) in [4.78, 5) is 41.8. The number of carbonyl (C=O) groups excluding carboxylic acids is 3. The zero-order valence-electron chi connectivity index (χ0n) is 48.0. The predicted molar refractivity (Wildman–Crippen MR) is 314 cm³/mol. The zero-order valence-corrected chi connectivity index (χ0v) is 52.6. The third kappa shape index (κ3) is 17.8. The second-order valence-corrected chi connectivity index (χ2v) is 31.5. The Morgan fingerprint density at radius 2 is 0.846 bits per heavy atom. The van der Waals surface area contributed by atoms with Gasteiger partial charge in [0.15, 0.2) is 48.7 Å². The molecule has 0 aromatic heterocycles. The van der Waals surface area contributed by atoms with Gasteiger partial charge >= 0.3 is 67.5 Å². The van der Waals surface area contributed by atoms with Crippen LogP contribution in [0.3, 0.4) is 0 Å². The molecule has 8 saturated carbocycles. The summed E-state index contributed by atoms with van der Waals surface area (Å²) in [6.07, 6.45) is -0.249. The van der Waals surface area contributed by atoms with Gasteiger partial charge in [-0.15, -0.1) is 0 Å². The fourth-order valence-electron chi connectivity index (χ4n) is 13.8. The van der Waals surface area contributed by atoms with Gasteiger partial charge in [-0.25, -0.2) is 21.6 Å².